The zero-order valence-corrected chi connectivity index (χ0v) is 16.6. The Balaban J connectivity index is 1.79. The summed E-state index contributed by atoms with van der Waals surface area (Å²) in [5.74, 6) is -0.343. The Hall–Kier alpha value is -3.14. The van der Waals surface area contributed by atoms with Crippen LogP contribution in [0.5, 0.6) is 0 Å². The van der Waals surface area contributed by atoms with Crippen LogP contribution >= 0.6 is 0 Å². The van der Waals surface area contributed by atoms with Gasteiger partial charge in [0.25, 0.3) is 0 Å². The summed E-state index contributed by atoms with van der Waals surface area (Å²) in [6.45, 7) is 3.49. The summed E-state index contributed by atoms with van der Waals surface area (Å²) in [7, 11) is 0. The number of carbonyl (C=O) groups excluding carboxylic acids is 1. The first-order valence-corrected chi connectivity index (χ1v) is 10.5. The first kappa shape index (κ1) is 17.9. The maximum atomic E-state index is 12.7. The number of aromatic nitrogens is 2. The lowest BCUT2D eigenvalue weighted by molar-refractivity contribution is 0.0493. The van der Waals surface area contributed by atoms with E-state index in [2.05, 4.69) is 41.8 Å². The second-order valence-corrected chi connectivity index (χ2v) is 7.68. The Morgan fingerprint density at radius 2 is 1.93 bits per heavy atom. The van der Waals surface area contributed by atoms with Crippen LogP contribution in [0.1, 0.15) is 42.2 Å². The predicted octanol–water partition coefficient (Wildman–Crippen LogP) is 5.76. The third-order valence-electron chi connectivity index (χ3n) is 5.76. The number of unbranched alkanes of at least 4 members (excludes halogenated alkanes) is 1. The van der Waals surface area contributed by atoms with E-state index in [0.29, 0.717) is 12.3 Å². The Morgan fingerprint density at radius 3 is 2.76 bits per heavy atom. The minimum Gasteiger partial charge on any atom is -0.461 e. The third kappa shape index (κ3) is 3.00. The Labute approximate surface area is 170 Å². The van der Waals surface area contributed by atoms with Crippen LogP contribution in [0.2, 0.25) is 0 Å². The number of para-hydroxylation sites is 1. The van der Waals surface area contributed by atoms with Gasteiger partial charge in [-0.2, -0.15) is 0 Å². The summed E-state index contributed by atoms with van der Waals surface area (Å²) < 4.78 is 7.88. The summed E-state index contributed by atoms with van der Waals surface area (Å²) in [5.41, 5.74) is 6.03. The minimum absolute atomic E-state index is 0.343. The van der Waals surface area contributed by atoms with E-state index < -0.39 is 0 Å². The molecule has 29 heavy (non-hydrogen) atoms. The van der Waals surface area contributed by atoms with Gasteiger partial charge in [0.05, 0.1) is 23.3 Å². The maximum absolute atomic E-state index is 12.7. The van der Waals surface area contributed by atoms with E-state index in [1.54, 1.807) is 0 Å². The molecule has 5 rings (SSSR count). The smallest absolute Gasteiger partial charge is 0.356 e. The molecule has 0 unspecified atom stereocenters. The van der Waals surface area contributed by atoms with Gasteiger partial charge in [0, 0.05) is 22.9 Å². The van der Waals surface area contributed by atoms with Crippen molar-refractivity contribution < 1.29 is 9.53 Å². The van der Waals surface area contributed by atoms with Crippen molar-refractivity contribution in [2.45, 2.75) is 39.2 Å². The molecule has 2 aromatic carbocycles. The van der Waals surface area contributed by atoms with Crippen molar-refractivity contribution in [3.8, 4) is 11.3 Å². The van der Waals surface area contributed by atoms with E-state index in [4.69, 9.17) is 9.72 Å². The van der Waals surface area contributed by atoms with Gasteiger partial charge in [-0.3, -0.25) is 0 Å². The van der Waals surface area contributed by atoms with Crippen molar-refractivity contribution in [1.29, 1.82) is 0 Å². The monoisotopic (exact) mass is 384 g/mol. The molecule has 4 nitrogen and oxygen atoms in total. The molecular formula is C25H24N2O2. The van der Waals surface area contributed by atoms with Crippen LogP contribution in [0, 0.1) is 0 Å². The first-order chi connectivity index (χ1) is 14.3. The number of ether oxygens (including phenoxy) is 1. The van der Waals surface area contributed by atoms with Gasteiger partial charge >= 0.3 is 5.97 Å². The van der Waals surface area contributed by atoms with Crippen molar-refractivity contribution in [1.82, 2.24) is 9.55 Å². The van der Waals surface area contributed by atoms with Gasteiger partial charge in [0.2, 0.25) is 0 Å². The van der Waals surface area contributed by atoms with Crippen LogP contribution in [0.15, 0.2) is 54.6 Å². The number of hydrogen-bond acceptors (Lipinski definition) is 3. The molecule has 0 fully saturated rings. The summed E-state index contributed by atoms with van der Waals surface area (Å²) in [5, 5.41) is 2.28. The lowest BCUT2D eigenvalue weighted by atomic mass is 10.0. The van der Waals surface area contributed by atoms with Crippen LogP contribution in [0.25, 0.3) is 33.1 Å². The molecule has 0 radical (unpaired) electrons. The lowest BCUT2D eigenvalue weighted by Crippen LogP contribution is -2.11. The molecule has 0 atom stereocenters. The number of fused-ring (bicyclic) bond motifs is 3. The fourth-order valence-electron chi connectivity index (χ4n) is 4.39. The highest BCUT2D eigenvalue weighted by Gasteiger charge is 2.23. The number of rotatable bonds is 5. The number of hydrogen-bond donors (Lipinski definition) is 0. The number of nitrogens with zero attached hydrogens (tertiary/aromatic N) is 2. The average molecular weight is 384 g/mol. The molecule has 0 bridgehead atoms. The van der Waals surface area contributed by atoms with Crippen LogP contribution in [0.3, 0.4) is 0 Å². The molecule has 2 aromatic heterocycles. The van der Waals surface area contributed by atoms with E-state index in [1.165, 1.54) is 16.5 Å². The second-order valence-electron chi connectivity index (χ2n) is 7.68. The van der Waals surface area contributed by atoms with Crippen molar-refractivity contribution in [3.63, 3.8) is 0 Å². The quantitative estimate of drug-likeness (QED) is 0.325. The number of pyridine rings is 1. The molecule has 146 valence electrons. The molecule has 1 aliphatic rings. The van der Waals surface area contributed by atoms with Crippen LogP contribution in [-0.2, 0) is 17.7 Å². The average Bonchev–Trinajstić information content (AvgIpc) is 3.10. The Kier molecular flexibility index (Phi) is 4.55. The molecule has 4 heteroatoms. The van der Waals surface area contributed by atoms with Crippen LogP contribution in [0.4, 0.5) is 0 Å². The van der Waals surface area contributed by atoms with Crippen LogP contribution in [-0.4, -0.2) is 22.1 Å². The van der Waals surface area contributed by atoms with E-state index >= 15 is 0 Å². The van der Waals surface area contributed by atoms with Crippen molar-refractivity contribution in [2.75, 3.05) is 6.61 Å². The van der Waals surface area contributed by atoms with E-state index in [0.717, 1.165) is 54.4 Å². The third-order valence-corrected chi connectivity index (χ3v) is 5.76. The molecule has 0 N–H and O–H groups in total. The standard InChI is InChI=1S/C25H24N2O2/c1-2-3-15-29-25(28)21-16-20-19-13-7-11-18-12-8-14-27(23(18)19)24(20)22(26-21)17-9-5-4-6-10-17/h4-7,9-11,13,16H,2-3,8,12,14-15H2,1H3. The number of carbonyl (C=O) groups is 1. The molecule has 0 saturated heterocycles. The van der Waals surface area contributed by atoms with Gasteiger partial charge in [-0.25, -0.2) is 9.78 Å². The molecule has 0 amide bonds. The summed E-state index contributed by atoms with van der Waals surface area (Å²) in [6.07, 6.45) is 4.06. The van der Waals surface area contributed by atoms with Crippen LogP contribution < -0.4 is 0 Å². The zero-order valence-electron chi connectivity index (χ0n) is 16.6. The zero-order chi connectivity index (χ0) is 19.8. The van der Waals surface area contributed by atoms with E-state index in [1.807, 2.05) is 24.3 Å². The van der Waals surface area contributed by atoms with Gasteiger partial charge in [-0.05, 0) is 30.9 Å². The van der Waals surface area contributed by atoms with Gasteiger partial charge in [-0.1, -0.05) is 61.9 Å². The molecule has 1 aliphatic heterocycles. The summed E-state index contributed by atoms with van der Waals surface area (Å²) in [6, 6.07) is 18.6. The van der Waals surface area contributed by atoms with Crippen molar-refractivity contribution in [2.24, 2.45) is 0 Å². The lowest BCUT2D eigenvalue weighted by Gasteiger charge is -2.17. The molecule has 4 aromatic rings. The molecule has 0 spiro atoms. The fraction of sp³-hybridized carbons (Fsp3) is 0.280. The Morgan fingerprint density at radius 1 is 1.07 bits per heavy atom. The second kappa shape index (κ2) is 7.36. The van der Waals surface area contributed by atoms with Gasteiger partial charge < -0.3 is 9.30 Å². The van der Waals surface area contributed by atoms with Gasteiger partial charge in [-0.15, -0.1) is 0 Å². The molecule has 3 heterocycles. The summed E-state index contributed by atoms with van der Waals surface area (Å²) in [4.78, 5) is 17.6. The number of aryl methyl sites for hydroxylation is 2. The maximum Gasteiger partial charge on any atom is 0.356 e. The highest BCUT2D eigenvalue weighted by Crippen LogP contribution is 2.39. The minimum atomic E-state index is -0.343. The van der Waals surface area contributed by atoms with E-state index in [9.17, 15) is 4.79 Å². The van der Waals surface area contributed by atoms with Crippen molar-refractivity contribution in [3.05, 3.63) is 65.9 Å². The fourth-order valence-corrected chi connectivity index (χ4v) is 4.39. The topological polar surface area (TPSA) is 44.1 Å². The summed E-state index contributed by atoms with van der Waals surface area (Å²) >= 11 is 0. The van der Waals surface area contributed by atoms with E-state index in [-0.39, 0.29) is 5.97 Å². The molecule has 0 saturated carbocycles. The van der Waals surface area contributed by atoms with Gasteiger partial charge in [0.1, 0.15) is 5.69 Å². The number of benzene rings is 2. The molecular weight excluding hydrogens is 360 g/mol. The van der Waals surface area contributed by atoms with Gasteiger partial charge in [0.15, 0.2) is 0 Å². The largest absolute Gasteiger partial charge is 0.461 e. The first-order valence-electron chi connectivity index (χ1n) is 10.5. The highest BCUT2D eigenvalue weighted by atomic mass is 16.5. The SMILES string of the molecule is CCCCOC(=O)c1cc2c3cccc4c3n(c2c(-c2ccccc2)n1)CCC4. The normalized spacial score (nSPS) is 13.1. The Bertz CT molecular complexity index is 1210. The predicted molar refractivity (Wildman–Crippen MR) is 116 cm³/mol. The highest BCUT2D eigenvalue weighted by molar-refractivity contribution is 6.14. The van der Waals surface area contributed by atoms with Crippen molar-refractivity contribution >= 4 is 27.8 Å². The molecule has 0 aliphatic carbocycles. The number of esters is 1.